The summed E-state index contributed by atoms with van der Waals surface area (Å²) in [5, 5.41) is 15.6. The molecule has 2 aromatic carbocycles. The van der Waals surface area contributed by atoms with Crippen molar-refractivity contribution in [1.82, 2.24) is 14.7 Å². The number of carbonyl (C=O) groups is 2. The third-order valence-corrected chi connectivity index (χ3v) is 5.43. The van der Waals surface area contributed by atoms with E-state index in [4.69, 9.17) is 5.26 Å². The van der Waals surface area contributed by atoms with Crippen LogP contribution in [0.3, 0.4) is 0 Å². The molecule has 0 fully saturated rings. The van der Waals surface area contributed by atoms with Gasteiger partial charge in [-0.3, -0.25) is 14.3 Å². The molecule has 1 N–H and O–H groups in total. The number of aromatic nitrogens is 2. The second-order valence-electron chi connectivity index (χ2n) is 7.83. The standard InChI is InChI=1S/C23H17F4N5O2/c1-31-11-14(10-29-31)20-19(21(33)30-16-7-13(9-28)6-15(24)8-16)17-4-2-3-5-18(17)22(34)32(20)12-23(25,26)27/h2-8,10-11,19-20H,12H2,1H3,(H,30,33). The maximum absolute atomic E-state index is 13.9. The molecule has 2 atom stereocenters. The molecule has 2 amide bonds. The number of hydrogen-bond donors (Lipinski definition) is 1. The molecule has 0 spiro atoms. The Kier molecular flexibility index (Phi) is 5.83. The van der Waals surface area contributed by atoms with Crippen LogP contribution in [0.1, 0.15) is 39.0 Å². The predicted octanol–water partition coefficient (Wildman–Crippen LogP) is 3.91. The van der Waals surface area contributed by atoms with E-state index in [0.717, 1.165) is 12.1 Å². The third-order valence-electron chi connectivity index (χ3n) is 5.43. The van der Waals surface area contributed by atoms with Gasteiger partial charge in [0.25, 0.3) is 5.91 Å². The van der Waals surface area contributed by atoms with Gasteiger partial charge in [0.15, 0.2) is 0 Å². The number of amides is 2. The molecule has 1 aliphatic rings. The summed E-state index contributed by atoms with van der Waals surface area (Å²) in [6.07, 6.45) is -2.00. The molecule has 1 aromatic heterocycles. The molecule has 0 radical (unpaired) electrons. The second-order valence-corrected chi connectivity index (χ2v) is 7.83. The molecule has 11 heteroatoms. The Morgan fingerprint density at radius 3 is 2.62 bits per heavy atom. The zero-order valence-electron chi connectivity index (χ0n) is 17.7. The fraction of sp³-hybridized carbons (Fsp3) is 0.217. The molecule has 2 unspecified atom stereocenters. The maximum atomic E-state index is 13.9. The minimum absolute atomic E-state index is 0.0380. The summed E-state index contributed by atoms with van der Waals surface area (Å²) in [7, 11) is 1.56. The van der Waals surface area contributed by atoms with Crippen molar-refractivity contribution >= 4 is 17.5 Å². The summed E-state index contributed by atoms with van der Waals surface area (Å²) in [6.45, 7) is -1.58. The van der Waals surface area contributed by atoms with E-state index in [-0.39, 0.29) is 27.9 Å². The van der Waals surface area contributed by atoms with E-state index >= 15 is 0 Å². The highest BCUT2D eigenvalue weighted by molar-refractivity contribution is 6.04. The average Bonchev–Trinajstić information content (AvgIpc) is 3.19. The lowest BCUT2D eigenvalue weighted by Gasteiger charge is -2.41. The Labute approximate surface area is 191 Å². The summed E-state index contributed by atoms with van der Waals surface area (Å²) in [6, 6.07) is 9.58. The van der Waals surface area contributed by atoms with Crippen molar-refractivity contribution in [1.29, 1.82) is 5.26 Å². The van der Waals surface area contributed by atoms with Crippen LogP contribution in [0.5, 0.6) is 0 Å². The molecular formula is C23H17F4N5O2. The first-order valence-electron chi connectivity index (χ1n) is 10.0. The van der Waals surface area contributed by atoms with E-state index in [1.165, 1.54) is 41.3 Å². The van der Waals surface area contributed by atoms with Crippen molar-refractivity contribution in [3.8, 4) is 6.07 Å². The molecule has 0 bridgehead atoms. The largest absolute Gasteiger partial charge is 0.406 e. The molecule has 0 aliphatic carbocycles. The van der Waals surface area contributed by atoms with Crippen molar-refractivity contribution < 1.29 is 27.2 Å². The number of carbonyl (C=O) groups excluding carboxylic acids is 2. The summed E-state index contributed by atoms with van der Waals surface area (Å²) >= 11 is 0. The van der Waals surface area contributed by atoms with Gasteiger partial charge in [0.1, 0.15) is 12.4 Å². The number of nitriles is 1. The first-order valence-corrected chi connectivity index (χ1v) is 10.0. The van der Waals surface area contributed by atoms with E-state index in [1.54, 1.807) is 19.2 Å². The van der Waals surface area contributed by atoms with Gasteiger partial charge in [0.2, 0.25) is 5.91 Å². The van der Waals surface area contributed by atoms with Crippen LogP contribution in [0.15, 0.2) is 54.9 Å². The summed E-state index contributed by atoms with van der Waals surface area (Å²) in [5.41, 5.74) is 0.338. The van der Waals surface area contributed by atoms with Gasteiger partial charge in [-0.1, -0.05) is 18.2 Å². The van der Waals surface area contributed by atoms with E-state index in [9.17, 15) is 27.2 Å². The SMILES string of the molecule is Cn1cc(C2C(C(=O)Nc3cc(F)cc(C#N)c3)c3ccccc3C(=O)N2CC(F)(F)F)cn1. The Bertz CT molecular complexity index is 1310. The lowest BCUT2D eigenvalue weighted by Crippen LogP contribution is -2.49. The highest BCUT2D eigenvalue weighted by atomic mass is 19.4. The van der Waals surface area contributed by atoms with Gasteiger partial charge in [0, 0.05) is 30.1 Å². The first-order chi connectivity index (χ1) is 16.1. The quantitative estimate of drug-likeness (QED) is 0.584. The summed E-state index contributed by atoms with van der Waals surface area (Å²) in [4.78, 5) is 27.2. The highest BCUT2D eigenvalue weighted by Crippen LogP contribution is 2.44. The van der Waals surface area contributed by atoms with E-state index < -0.39 is 42.3 Å². The van der Waals surface area contributed by atoms with Crippen LogP contribution >= 0.6 is 0 Å². The van der Waals surface area contributed by atoms with Gasteiger partial charge in [-0.25, -0.2) is 4.39 Å². The fourth-order valence-electron chi connectivity index (χ4n) is 4.15. The van der Waals surface area contributed by atoms with Crippen molar-refractivity contribution in [2.24, 2.45) is 7.05 Å². The highest BCUT2D eigenvalue weighted by Gasteiger charge is 2.48. The van der Waals surface area contributed by atoms with E-state index in [0.29, 0.717) is 4.90 Å². The molecule has 0 saturated heterocycles. The number of halogens is 4. The number of anilines is 1. The summed E-state index contributed by atoms with van der Waals surface area (Å²) in [5.74, 6) is -3.68. The third kappa shape index (κ3) is 4.47. The van der Waals surface area contributed by atoms with Crippen molar-refractivity contribution in [3.63, 3.8) is 0 Å². The lowest BCUT2D eigenvalue weighted by atomic mass is 9.79. The normalized spacial score (nSPS) is 17.8. The van der Waals surface area contributed by atoms with E-state index in [1.807, 2.05) is 0 Å². The molecule has 3 aromatic rings. The van der Waals surface area contributed by atoms with E-state index in [2.05, 4.69) is 10.4 Å². The maximum Gasteiger partial charge on any atom is 0.406 e. The first kappa shape index (κ1) is 23.0. The van der Waals surface area contributed by atoms with Gasteiger partial charge in [-0.2, -0.15) is 23.5 Å². The van der Waals surface area contributed by atoms with Crippen LogP contribution < -0.4 is 5.32 Å². The topological polar surface area (TPSA) is 91.0 Å². The molecule has 174 valence electrons. The number of alkyl halides is 3. The average molecular weight is 471 g/mol. The van der Waals surface area contributed by atoms with Gasteiger partial charge >= 0.3 is 6.18 Å². The Balaban J connectivity index is 1.85. The fourth-order valence-corrected chi connectivity index (χ4v) is 4.15. The number of aryl methyl sites for hydroxylation is 1. The molecule has 4 rings (SSSR count). The minimum atomic E-state index is -4.73. The number of benzene rings is 2. The zero-order chi connectivity index (χ0) is 24.6. The van der Waals surface area contributed by atoms with Crippen LogP contribution in [0.25, 0.3) is 0 Å². The minimum Gasteiger partial charge on any atom is -0.325 e. The van der Waals surface area contributed by atoms with Gasteiger partial charge < -0.3 is 10.2 Å². The van der Waals surface area contributed by atoms with Crippen molar-refractivity contribution in [2.75, 3.05) is 11.9 Å². The van der Waals surface area contributed by atoms with Crippen LogP contribution in [-0.4, -0.2) is 39.2 Å². The molecule has 34 heavy (non-hydrogen) atoms. The number of rotatable bonds is 4. The molecule has 7 nitrogen and oxygen atoms in total. The smallest absolute Gasteiger partial charge is 0.325 e. The van der Waals surface area contributed by atoms with Crippen LogP contribution in [-0.2, 0) is 11.8 Å². The van der Waals surface area contributed by atoms with Crippen LogP contribution in [0, 0.1) is 17.1 Å². The van der Waals surface area contributed by atoms with Crippen molar-refractivity contribution in [2.45, 2.75) is 18.1 Å². The molecule has 0 saturated carbocycles. The number of fused-ring (bicyclic) bond motifs is 1. The van der Waals surface area contributed by atoms with Gasteiger partial charge in [0.05, 0.1) is 29.8 Å². The lowest BCUT2D eigenvalue weighted by molar-refractivity contribution is -0.148. The number of nitrogens with zero attached hydrogens (tertiary/aromatic N) is 4. The second kappa shape index (κ2) is 8.62. The molecule has 1 aliphatic heterocycles. The molecule has 2 heterocycles. The predicted molar refractivity (Wildman–Crippen MR) is 112 cm³/mol. The Morgan fingerprint density at radius 1 is 1.24 bits per heavy atom. The molecular weight excluding hydrogens is 454 g/mol. The Morgan fingerprint density at radius 2 is 1.97 bits per heavy atom. The van der Waals surface area contributed by atoms with Crippen molar-refractivity contribution in [3.05, 3.63) is 82.9 Å². The van der Waals surface area contributed by atoms with Crippen LogP contribution in [0.4, 0.5) is 23.2 Å². The van der Waals surface area contributed by atoms with Gasteiger partial charge in [-0.05, 0) is 29.8 Å². The summed E-state index contributed by atoms with van der Waals surface area (Å²) < 4.78 is 55.7. The Hall–Kier alpha value is -4.20. The monoisotopic (exact) mass is 471 g/mol. The van der Waals surface area contributed by atoms with Crippen LogP contribution in [0.2, 0.25) is 0 Å². The number of hydrogen-bond acceptors (Lipinski definition) is 4. The zero-order valence-corrected chi connectivity index (χ0v) is 17.7. The van der Waals surface area contributed by atoms with Gasteiger partial charge in [-0.15, -0.1) is 0 Å². The number of nitrogens with one attached hydrogen (secondary N) is 1.